The number of carbonyl (C=O) groups excluding carboxylic acids is 1. The van der Waals surface area contributed by atoms with Gasteiger partial charge in [-0.1, -0.05) is 42.0 Å². The summed E-state index contributed by atoms with van der Waals surface area (Å²) in [5, 5.41) is 9.68. The van der Waals surface area contributed by atoms with Gasteiger partial charge in [0, 0.05) is 24.6 Å². The summed E-state index contributed by atoms with van der Waals surface area (Å²) >= 11 is 0. The van der Waals surface area contributed by atoms with E-state index in [0.717, 1.165) is 33.7 Å². The molecule has 1 heterocycles. The Morgan fingerprint density at radius 3 is 2.43 bits per heavy atom. The van der Waals surface area contributed by atoms with E-state index in [-0.39, 0.29) is 11.7 Å². The van der Waals surface area contributed by atoms with E-state index >= 15 is 0 Å². The number of likely N-dealkylation sites (N-methyl/N-ethyl adjacent to an activating group) is 1. The molecule has 0 fully saturated rings. The zero-order chi connectivity index (χ0) is 19.7. The van der Waals surface area contributed by atoms with Crippen LogP contribution in [0, 0.1) is 6.92 Å². The van der Waals surface area contributed by atoms with Crippen molar-refractivity contribution in [3.8, 4) is 5.75 Å². The van der Waals surface area contributed by atoms with Crippen LogP contribution >= 0.6 is 0 Å². The Morgan fingerprint density at radius 1 is 1.00 bits per heavy atom. The van der Waals surface area contributed by atoms with Crippen LogP contribution in [0.5, 0.6) is 5.75 Å². The lowest BCUT2D eigenvalue weighted by atomic mass is 9.98. The van der Waals surface area contributed by atoms with Crippen LogP contribution in [-0.4, -0.2) is 29.8 Å². The second-order valence-corrected chi connectivity index (χ2v) is 7.15. The average Bonchev–Trinajstić information content (AvgIpc) is 2.80. The first-order valence-electron chi connectivity index (χ1n) is 9.32. The molecule has 3 aromatic rings. The minimum absolute atomic E-state index is 0.0252. The van der Waals surface area contributed by atoms with E-state index in [0.29, 0.717) is 6.42 Å². The molecule has 1 amide bonds. The Labute approximate surface area is 164 Å². The van der Waals surface area contributed by atoms with E-state index in [2.05, 4.69) is 6.07 Å². The molecule has 4 rings (SSSR count). The Hall–Kier alpha value is -3.40. The summed E-state index contributed by atoms with van der Waals surface area (Å²) in [5.41, 5.74) is 5.61. The zero-order valence-electron chi connectivity index (χ0n) is 16.0. The van der Waals surface area contributed by atoms with Crippen molar-refractivity contribution in [3.05, 3.63) is 95.1 Å². The quantitative estimate of drug-likeness (QED) is 0.754. The molecule has 140 valence electrons. The lowest BCUT2D eigenvalue weighted by molar-refractivity contribution is -0.119. The Balaban J connectivity index is 1.87. The molecule has 0 bridgehead atoms. The molecule has 1 aliphatic rings. The summed E-state index contributed by atoms with van der Waals surface area (Å²) in [7, 11) is 1.81. The van der Waals surface area contributed by atoms with Crippen LogP contribution in [0.15, 0.2) is 77.8 Å². The molecular formula is C24H22N2O2. The number of phenolic OH excluding ortho intramolecular Hbond substituents is 1. The number of phenols is 1. The van der Waals surface area contributed by atoms with Crippen LogP contribution in [0.1, 0.15) is 22.3 Å². The number of rotatable bonds is 3. The van der Waals surface area contributed by atoms with Crippen molar-refractivity contribution in [1.29, 1.82) is 0 Å². The Morgan fingerprint density at radius 2 is 1.71 bits per heavy atom. The van der Waals surface area contributed by atoms with Gasteiger partial charge in [0.25, 0.3) is 5.91 Å². The number of nitrogens with zero attached hydrogens (tertiary/aromatic N) is 2. The van der Waals surface area contributed by atoms with Crippen molar-refractivity contribution in [2.24, 2.45) is 4.99 Å². The molecule has 3 aromatic carbocycles. The lowest BCUT2D eigenvalue weighted by Crippen LogP contribution is -2.36. The molecule has 4 heteroatoms. The van der Waals surface area contributed by atoms with E-state index < -0.39 is 6.04 Å². The van der Waals surface area contributed by atoms with Gasteiger partial charge >= 0.3 is 0 Å². The minimum atomic E-state index is -0.510. The molecule has 0 spiro atoms. The van der Waals surface area contributed by atoms with Crippen molar-refractivity contribution < 1.29 is 9.90 Å². The number of amides is 1. The smallest absolute Gasteiger partial charge is 0.251 e. The van der Waals surface area contributed by atoms with Crippen LogP contribution in [0.25, 0.3) is 0 Å². The van der Waals surface area contributed by atoms with Crippen molar-refractivity contribution in [3.63, 3.8) is 0 Å². The predicted octanol–water partition coefficient (Wildman–Crippen LogP) is 4.13. The first-order valence-corrected chi connectivity index (χ1v) is 9.32. The van der Waals surface area contributed by atoms with Gasteiger partial charge in [0.2, 0.25) is 0 Å². The van der Waals surface area contributed by atoms with Gasteiger partial charge in [0.05, 0.1) is 11.4 Å². The molecule has 0 saturated carbocycles. The number of aryl methyl sites for hydroxylation is 1. The average molecular weight is 370 g/mol. The molecule has 1 unspecified atom stereocenters. The van der Waals surface area contributed by atoms with Gasteiger partial charge in [-0.25, -0.2) is 0 Å². The second kappa shape index (κ2) is 7.31. The highest BCUT2D eigenvalue weighted by Crippen LogP contribution is 2.30. The molecule has 28 heavy (non-hydrogen) atoms. The maximum Gasteiger partial charge on any atom is 0.251 e. The molecule has 1 aliphatic heterocycles. The number of hydrogen-bond acceptors (Lipinski definition) is 3. The molecular weight excluding hydrogens is 348 g/mol. The summed E-state index contributed by atoms with van der Waals surface area (Å²) in [6, 6.07) is 22.5. The number of anilines is 1. The summed E-state index contributed by atoms with van der Waals surface area (Å²) in [4.78, 5) is 19.8. The summed E-state index contributed by atoms with van der Waals surface area (Å²) in [6.45, 7) is 2.03. The van der Waals surface area contributed by atoms with Gasteiger partial charge in [-0.15, -0.1) is 0 Å². The van der Waals surface area contributed by atoms with Crippen LogP contribution in [-0.2, 0) is 11.2 Å². The lowest BCUT2D eigenvalue weighted by Gasteiger charge is -2.20. The number of fused-ring (bicyclic) bond motifs is 1. The summed E-state index contributed by atoms with van der Waals surface area (Å²) < 4.78 is 0. The van der Waals surface area contributed by atoms with Crippen LogP contribution in [0.2, 0.25) is 0 Å². The van der Waals surface area contributed by atoms with Crippen molar-refractivity contribution in [2.75, 3.05) is 11.9 Å². The van der Waals surface area contributed by atoms with Crippen molar-refractivity contribution in [2.45, 2.75) is 19.4 Å². The minimum Gasteiger partial charge on any atom is -0.508 e. The van der Waals surface area contributed by atoms with E-state index in [1.54, 1.807) is 17.0 Å². The predicted molar refractivity (Wildman–Crippen MR) is 112 cm³/mol. The standard InChI is InChI=1S/C24H22N2O2/c1-16-8-13-22-20(14-16)23(18-9-11-19(27)12-10-18)25-21(24(28)26(22)2)15-17-6-4-3-5-7-17/h3-14,21,27H,15H2,1-2H3. The molecule has 0 radical (unpaired) electrons. The number of benzene rings is 3. The molecule has 0 aliphatic carbocycles. The van der Waals surface area contributed by atoms with Gasteiger partial charge in [0.1, 0.15) is 11.8 Å². The maximum atomic E-state index is 13.2. The summed E-state index contributed by atoms with van der Waals surface area (Å²) in [5.74, 6) is 0.180. The van der Waals surface area contributed by atoms with Crippen LogP contribution < -0.4 is 4.90 Å². The van der Waals surface area contributed by atoms with E-state index in [1.165, 1.54) is 0 Å². The topological polar surface area (TPSA) is 52.9 Å². The van der Waals surface area contributed by atoms with E-state index in [4.69, 9.17) is 4.99 Å². The number of benzodiazepines with no additional fused rings is 1. The Kier molecular flexibility index (Phi) is 4.70. The van der Waals surface area contributed by atoms with Gasteiger partial charge in [0.15, 0.2) is 0 Å². The largest absolute Gasteiger partial charge is 0.508 e. The number of hydrogen-bond donors (Lipinski definition) is 1. The number of aliphatic imine (C=N–C) groups is 1. The number of carbonyl (C=O) groups is 1. The fourth-order valence-electron chi connectivity index (χ4n) is 3.57. The van der Waals surface area contributed by atoms with Gasteiger partial charge in [-0.2, -0.15) is 0 Å². The SMILES string of the molecule is Cc1ccc2c(c1)C(c1ccc(O)cc1)=NC(Cc1ccccc1)C(=O)N2C. The van der Waals surface area contributed by atoms with Gasteiger partial charge in [-0.05, 0) is 48.9 Å². The van der Waals surface area contributed by atoms with Crippen LogP contribution in [0.3, 0.4) is 0 Å². The third kappa shape index (κ3) is 3.41. The third-order valence-corrected chi connectivity index (χ3v) is 5.08. The highest BCUT2D eigenvalue weighted by molar-refractivity contribution is 6.20. The maximum absolute atomic E-state index is 13.2. The normalized spacial score (nSPS) is 16.4. The molecule has 0 saturated heterocycles. The molecule has 1 atom stereocenters. The van der Waals surface area contributed by atoms with E-state index in [9.17, 15) is 9.90 Å². The highest BCUT2D eigenvalue weighted by Gasteiger charge is 2.30. The molecule has 4 nitrogen and oxygen atoms in total. The van der Waals surface area contributed by atoms with Crippen molar-refractivity contribution in [1.82, 2.24) is 0 Å². The molecule has 0 aromatic heterocycles. The van der Waals surface area contributed by atoms with Gasteiger partial charge < -0.3 is 10.0 Å². The summed E-state index contributed by atoms with van der Waals surface area (Å²) in [6.07, 6.45) is 0.540. The molecule has 1 N–H and O–H groups in total. The first kappa shape index (κ1) is 18.0. The monoisotopic (exact) mass is 370 g/mol. The first-order chi connectivity index (χ1) is 13.5. The van der Waals surface area contributed by atoms with Crippen molar-refractivity contribution >= 4 is 17.3 Å². The third-order valence-electron chi connectivity index (χ3n) is 5.08. The Bertz CT molecular complexity index is 1040. The highest BCUT2D eigenvalue weighted by atomic mass is 16.3. The number of aromatic hydroxyl groups is 1. The van der Waals surface area contributed by atoms with E-state index in [1.807, 2.05) is 68.6 Å². The van der Waals surface area contributed by atoms with Crippen LogP contribution in [0.4, 0.5) is 5.69 Å². The zero-order valence-corrected chi connectivity index (χ0v) is 16.0. The van der Waals surface area contributed by atoms with Gasteiger partial charge in [-0.3, -0.25) is 9.79 Å². The fraction of sp³-hybridized carbons (Fsp3) is 0.167. The fourth-order valence-corrected chi connectivity index (χ4v) is 3.57. The second-order valence-electron chi connectivity index (χ2n) is 7.15.